The van der Waals surface area contributed by atoms with E-state index in [2.05, 4.69) is 35.9 Å². The molecule has 1 aromatic heterocycles. The second-order valence-corrected chi connectivity index (χ2v) is 6.13. The van der Waals surface area contributed by atoms with Crippen LogP contribution >= 0.6 is 11.6 Å². The number of fused-ring (bicyclic) bond motifs is 1. The van der Waals surface area contributed by atoms with Crippen LogP contribution in [0.4, 0.5) is 14.9 Å². The zero-order valence-corrected chi connectivity index (χ0v) is 13.9. The molecule has 1 aliphatic rings. The molecule has 23 heavy (non-hydrogen) atoms. The van der Waals surface area contributed by atoms with Gasteiger partial charge in [-0.15, -0.1) is 0 Å². The minimum Gasteiger partial charge on any atom is -0.345 e. The number of hydrogen-bond acceptors (Lipinski definition) is 1. The molecule has 1 aromatic carbocycles. The highest BCUT2D eigenvalue weighted by atomic mass is 35.5. The number of carbonyl (C=O) groups excluding carboxylic acids is 1. The lowest BCUT2D eigenvalue weighted by Gasteiger charge is -2.37. The van der Waals surface area contributed by atoms with E-state index in [0.29, 0.717) is 12.2 Å². The minimum absolute atomic E-state index is 0.00186. The number of benzene rings is 1. The third-order valence-corrected chi connectivity index (χ3v) is 4.62. The van der Waals surface area contributed by atoms with Crippen LogP contribution in [-0.4, -0.2) is 22.0 Å². The topological polar surface area (TPSA) is 37.3 Å². The Balaban J connectivity index is 1.80. The van der Waals surface area contributed by atoms with E-state index < -0.39 is 5.82 Å². The van der Waals surface area contributed by atoms with Crippen LogP contribution in [0.15, 0.2) is 30.3 Å². The Morgan fingerprint density at radius 2 is 2.13 bits per heavy atom. The van der Waals surface area contributed by atoms with Crippen LogP contribution < -0.4 is 5.32 Å². The van der Waals surface area contributed by atoms with Gasteiger partial charge in [-0.2, -0.15) is 0 Å². The second-order valence-electron chi connectivity index (χ2n) is 5.73. The Bertz CT molecular complexity index is 743. The van der Waals surface area contributed by atoms with Gasteiger partial charge in [0, 0.05) is 30.2 Å². The number of urea groups is 1. The van der Waals surface area contributed by atoms with Gasteiger partial charge in [0.15, 0.2) is 0 Å². The monoisotopic (exact) mass is 335 g/mol. The van der Waals surface area contributed by atoms with Gasteiger partial charge in [-0.25, -0.2) is 9.18 Å². The van der Waals surface area contributed by atoms with Gasteiger partial charge in [-0.3, -0.25) is 0 Å². The van der Waals surface area contributed by atoms with E-state index >= 15 is 0 Å². The zero-order valence-electron chi connectivity index (χ0n) is 13.1. The van der Waals surface area contributed by atoms with Crippen molar-refractivity contribution in [2.24, 2.45) is 0 Å². The molecule has 2 aromatic rings. The Morgan fingerprint density at radius 1 is 1.35 bits per heavy atom. The number of hydrogen-bond donors (Lipinski definition) is 1. The maximum atomic E-state index is 13.2. The molecule has 2 heterocycles. The van der Waals surface area contributed by atoms with Crippen LogP contribution in [0.2, 0.25) is 5.02 Å². The van der Waals surface area contributed by atoms with Crippen molar-refractivity contribution >= 4 is 23.3 Å². The van der Waals surface area contributed by atoms with Gasteiger partial charge in [0.1, 0.15) is 5.82 Å². The van der Waals surface area contributed by atoms with E-state index in [1.54, 1.807) is 0 Å². The standard InChI is InChI=1S/C17H19ClFN3O/c1-3-15-16-7-4-11(2)21(16)8-9-22(15)17(23)20-12-5-6-14(19)13(18)10-12/h4-7,10,15H,3,8-9H2,1-2H3,(H,20,23)/t15-/m1/s1. The molecule has 0 radical (unpaired) electrons. The summed E-state index contributed by atoms with van der Waals surface area (Å²) in [5.74, 6) is -0.498. The van der Waals surface area contributed by atoms with Crippen LogP contribution in [0.25, 0.3) is 0 Å². The van der Waals surface area contributed by atoms with Crippen LogP contribution in [0.3, 0.4) is 0 Å². The number of carbonyl (C=O) groups is 1. The molecule has 0 saturated carbocycles. The van der Waals surface area contributed by atoms with Crippen molar-refractivity contribution < 1.29 is 9.18 Å². The fourth-order valence-electron chi connectivity index (χ4n) is 3.15. The molecule has 0 fully saturated rings. The SMILES string of the molecule is CC[C@@H]1c2ccc(C)n2CCN1C(=O)Nc1ccc(F)c(Cl)c1. The molecule has 2 amide bonds. The largest absolute Gasteiger partial charge is 0.345 e. The van der Waals surface area contributed by atoms with E-state index in [0.717, 1.165) is 18.7 Å². The van der Waals surface area contributed by atoms with Gasteiger partial charge in [-0.1, -0.05) is 18.5 Å². The lowest BCUT2D eigenvalue weighted by atomic mass is 10.1. The highest BCUT2D eigenvalue weighted by Gasteiger charge is 2.30. The Labute approximate surface area is 139 Å². The summed E-state index contributed by atoms with van der Waals surface area (Å²) in [5, 5.41) is 2.81. The van der Waals surface area contributed by atoms with Crippen LogP contribution in [0.1, 0.15) is 30.8 Å². The van der Waals surface area contributed by atoms with Gasteiger partial charge >= 0.3 is 6.03 Å². The van der Waals surface area contributed by atoms with E-state index in [-0.39, 0.29) is 17.1 Å². The first-order chi connectivity index (χ1) is 11.0. The molecule has 0 saturated heterocycles. The summed E-state index contributed by atoms with van der Waals surface area (Å²) in [4.78, 5) is 14.4. The zero-order chi connectivity index (χ0) is 16.6. The van der Waals surface area contributed by atoms with Crippen LogP contribution in [0, 0.1) is 12.7 Å². The normalized spacial score (nSPS) is 17.0. The summed E-state index contributed by atoms with van der Waals surface area (Å²) >= 11 is 5.77. The summed E-state index contributed by atoms with van der Waals surface area (Å²) in [6, 6.07) is 8.19. The second kappa shape index (κ2) is 6.24. The molecule has 1 N–H and O–H groups in total. The molecule has 6 heteroatoms. The summed E-state index contributed by atoms with van der Waals surface area (Å²) in [5.41, 5.74) is 2.86. The Kier molecular flexibility index (Phi) is 4.31. The molecule has 1 atom stereocenters. The van der Waals surface area contributed by atoms with E-state index in [1.807, 2.05) is 4.90 Å². The van der Waals surface area contributed by atoms with Crippen molar-refractivity contribution in [1.82, 2.24) is 9.47 Å². The molecule has 0 bridgehead atoms. The number of anilines is 1. The van der Waals surface area contributed by atoms with Gasteiger partial charge < -0.3 is 14.8 Å². The number of halogens is 2. The molecule has 4 nitrogen and oxygen atoms in total. The van der Waals surface area contributed by atoms with Gasteiger partial charge in [0.05, 0.1) is 11.1 Å². The summed E-state index contributed by atoms with van der Waals surface area (Å²) in [6.45, 7) is 5.56. The molecule has 0 unspecified atom stereocenters. The average molecular weight is 336 g/mol. The van der Waals surface area contributed by atoms with Crippen molar-refractivity contribution in [3.05, 3.63) is 52.6 Å². The summed E-state index contributed by atoms with van der Waals surface area (Å²) < 4.78 is 15.5. The molecule has 3 rings (SSSR count). The first kappa shape index (κ1) is 15.9. The van der Waals surface area contributed by atoms with E-state index in [9.17, 15) is 9.18 Å². The quantitative estimate of drug-likeness (QED) is 0.856. The summed E-state index contributed by atoms with van der Waals surface area (Å²) in [7, 11) is 0. The van der Waals surface area contributed by atoms with E-state index in [4.69, 9.17) is 11.6 Å². The maximum absolute atomic E-state index is 13.2. The smallest absolute Gasteiger partial charge is 0.322 e. The highest BCUT2D eigenvalue weighted by molar-refractivity contribution is 6.31. The number of aromatic nitrogens is 1. The fourth-order valence-corrected chi connectivity index (χ4v) is 3.33. The van der Waals surface area contributed by atoms with Crippen LogP contribution in [0.5, 0.6) is 0 Å². The third kappa shape index (κ3) is 2.93. The third-order valence-electron chi connectivity index (χ3n) is 4.33. The van der Waals surface area contributed by atoms with Crippen molar-refractivity contribution in [3.8, 4) is 0 Å². The van der Waals surface area contributed by atoms with E-state index in [1.165, 1.54) is 23.9 Å². The predicted molar refractivity (Wildman–Crippen MR) is 89.3 cm³/mol. The number of nitrogens with one attached hydrogen (secondary N) is 1. The first-order valence-corrected chi connectivity index (χ1v) is 8.07. The van der Waals surface area contributed by atoms with Gasteiger partial charge in [0.25, 0.3) is 0 Å². The molecule has 1 aliphatic heterocycles. The van der Waals surface area contributed by atoms with Crippen LogP contribution in [-0.2, 0) is 6.54 Å². The summed E-state index contributed by atoms with van der Waals surface area (Å²) in [6.07, 6.45) is 0.834. The van der Waals surface area contributed by atoms with Crippen molar-refractivity contribution in [1.29, 1.82) is 0 Å². The minimum atomic E-state index is -0.498. The molecular weight excluding hydrogens is 317 g/mol. The number of amides is 2. The Morgan fingerprint density at radius 3 is 2.83 bits per heavy atom. The fraction of sp³-hybridized carbons (Fsp3) is 0.353. The molecule has 0 spiro atoms. The van der Waals surface area contributed by atoms with Crippen molar-refractivity contribution in [2.45, 2.75) is 32.9 Å². The van der Waals surface area contributed by atoms with Crippen molar-refractivity contribution in [3.63, 3.8) is 0 Å². The van der Waals surface area contributed by atoms with Gasteiger partial charge in [0.2, 0.25) is 0 Å². The molecule has 0 aliphatic carbocycles. The maximum Gasteiger partial charge on any atom is 0.322 e. The first-order valence-electron chi connectivity index (χ1n) is 7.70. The number of rotatable bonds is 2. The van der Waals surface area contributed by atoms with Crippen molar-refractivity contribution in [2.75, 3.05) is 11.9 Å². The highest BCUT2D eigenvalue weighted by Crippen LogP contribution is 2.31. The lowest BCUT2D eigenvalue weighted by Crippen LogP contribution is -2.44. The predicted octanol–water partition coefficient (Wildman–Crippen LogP) is 4.59. The molecule has 122 valence electrons. The lowest BCUT2D eigenvalue weighted by molar-refractivity contribution is 0.165. The number of nitrogens with zero attached hydrogens (tertiary/aromatic N) is 2. The number of aryl methyl sites for hydroxylation is 1. The average Bonchev–Trinajstić information content (AvgIpc) is 2.91. The van der Waals surface area contributed by atoms with Gasteiger partial charge in [-0.05, 0) is 43.7 Å². The Hall–Kier alpha value is -2.01. The molecular formula is C17H19ClFN3O.